The summed E-state index contributed by atoms with van der Waals surface area (Å²) in [5.74, 6) is 0.394. The van der Waals surface area contributed by atoms with Gasteiger partial charge >= 0.3 is 12.1 Å². The zero-order valence-electron chi connectivity index (χ0n) is 16.3. The average molecular weight is 406 g/mol. The van der Waals surface area contributed by atoms with Gasteiger partial charge in [-0.25, -0.2) is 4.79 Å². The number of carbonyl (C=O) groups is 3. The number of carbonyl (C=O) groups excluding carboxylic acids is 2. The summed E-state index contributed by atoms with van der Waals surface area (Å²) < 4.78 is 5.37. The highest BCUT2D eigenvalue weighted by Gasteiger charge is 2.30. The Morgan fingerprint density at radius 1 is 1.07 bits per heavy atom. The summed E-state index contributed by atoms with van der Waals surface area (Å²) in [7, 11) is 0. The van der Waals surface area contributed by atoms with Gasteiger partial charge in [-0.2, -0.15) is 0 Å². The third kappa shape index (κ3) is 4.78. The molecule has 7 heteroatoms. The normalized spacial score (nSPS) is 12.8. The van der Waals surface area contributed by atoms with Crippen LogP contribution in [0.15, 0.2) is 48.5 Å². The van der Waals surface area contributed by atoms with Crippen LogP contribution in [0.3, 0.4) is 0 Å². The molecule has 1 unspecified atom stereocenters. The molecular formula is C23H22N2O5. The molecule has 30 heavy (non-hydrogen) atoms. The Hall–Kier alpha value is -3.79. The molecule has 0 heterocycles. The monoisotopic (exact) mass is 406 g/mol. The van der Waals surface area contributed by atoms with E-state index in [0.29, 0.717) is 6.42 Å². The molecule has 154 valence electrons. The Kier molecular flexibility index (Phi) is 6.71. The number of fused-ring (bicyclic) bond motifs is 3. The average Bonchev–Trinajstić information content (AvgIpc) is 3.05. The van der Waals surface area contributed by atoms with E-state index in [4.69, 9.17) is 16.3 Å². The maximum absolute atomic E-state index is 12.3. The molecule has 1 aliphatic rings. The Morgan fingerprint density at radius 2 is 1.67 bits per heavy atom. The molecular weight excluding hydrogens is 384 g/mol. The minimum absolute atomic E-state index is 0.0678. The Morgan fingerprint density at radius 3 is 2.23 bits per heavy atom. The molecule has 2 amide bonds. The van der Waals surface area contributed by atoms with Crippen molar-refractivity contribution >= 4 is 18.0 Å². The first-order chi connectivity index (χ1) is 14.5. The number of alkyl carbamates (subject to hydrolysis) is 1. The Balaban J connectivity index is 1.65. The maximum atomic E-state index is 12.3. The van der Waals surface area contributed by atoms with E-state index in [1.54, 1.807) is 0 Å². The van der Waals surface area contributed by atoms with Crippen molar-refractivity contribution in [1.82, 2.24) is 10.6 Å². The number of carboxylic acids is 1. The van der Waals surface area contributed by atoms with Crippen LogP contribution in [0.1, 0.15) is 29.9 Å². The number of benzene rings is 2. The summed E-state index contributed by atoms with van der Waals surface area (Å²) >= 11 is 0. The zero-order chi connectivity index (χ0) is 21.5. The molecule has 1 atom stereocenters. The standard InChI is InChI=1S/C23H22N2O5/c1-2-3-12-24-22(28)20(13-21(26)27)25-23(29)30-14-19-17-10-6-4-8-15(17)16-9-5-7-11-18(16)19/h1,4-11,19-20H,3,12-14H2,(H,24,28)(H,25,29)(H,26,27). The molecule has 0 spiro atoms. The predicted octanol–water partition coefficient (Wildman–Crippen LogP) is 2.51. The fraction of sp³-hybridized carbons (Fsp3) is 0.261. The number of hydrogen-bond donors (Lipinski definition) is 3. The van der Waals surface area contributed by atoms with Gasteiger partial charge in [0.05, 0.1) is 6.42 Å². The van der Waals surface area contributed by atoms with Crippen LogP contribution in [-0.2, 0) is 14.3 Å². The predicted molar refractivity (Wildman–Crippen MR) is 111 cm³/mol. The van der Waals surface area contributed by atoms with Crippen LogP contribution in [0, 0.1) is 12.3 Å². The highest BCUT2D eigenvalue weighted by molar-refractivity contribution is 5.89. The van der Waals surface area contributed by atoms with E-state index in [2.05, 4.69) is 16.6 Å². The van der Waals surface area contributed by atoms with Crippen LogP contribution in [-0.4, -0.2) is 42.3 Å². The fourth-order valence-electron chi connectivity index (χ4n) is 3.55. The van der Waals surface area contributed by atoms with Crippen LogP contribution < -0.4 is 10.6 Å². The molecule has 0 bridgehead atoms. The summed E-state index contributed by atoms with van der Waals surface area (Å²) in [6.45, 7) is 0.260. The molecule has 0 aromatic heterocycles. The second-order valence-corrected chi connectivity index (χ2v) is 6.87. The van der Waals surface area contributed by atoms with Gasteiger partial charge < -0.3 is 20.5 Å². The van der Waals surface area contributed by atoms with Crippen LogP contribution >= 0.6 is 0 Å². The van der Waals surface area contributed by atoms with Gasteiger partial charge in [0.15, 0.2) is 0 Å². The molecule has 0 fully saturated rings. The Labute approximate surface area is 174 Å². The topological polar surface area (TPSA) is 105 Å². The van der Waals surface area contributed by atoms with E-state index in [1.807, 2.05) is 48.5 Å². The lowest BCUT2D eigenvalue weighted by atomic mass is 9.98. The van der Waals surface area contributed by atoms with Gasteiger partial charge in [0.25, 0.3) is 0 Å². The number of terminal acetylenes is 1. The number of hydrogen-bond acceptors (Lipinski definition) is 4. The third-order valence-electron chi connectivity index (χ3n) is 4.90. The lowest BCUT2D eigenvalue weighted by Crippen LogP contribution is -2.48. The summed E-state index contributed by atoms with van der Waals surface area (Å²) in [6, 6.07) is 14.6. The van der Waals surface area contributed by atoms with Gasteiger partial charge in [-0.3, -0.25) is 9.59 Å². The van der Waals surface area contributed by atoms with Crippen molar-refractivity contribution in [3.63, 3.8) is 0 Å². The minimum Gasteiger partial charge on any atom is -0.481 e. The molecule has 2 aromatic rings. The van der Waals surface area contributed by atoms with E-state index >= 15 is 0 Å². The van der Waals surface area contributed by atoms with Gasteiger partial charge in [-0.1, -0.05) is 48.5 Å². The molecule has 0 aliphatic heterocycles. The van der Waals surface area contributed by atoms with Gasteiger partial charge in [0.1, 0.15) is 12.6 Å². The molecule has 7 nitrogen and oxygen atoms in total. The SMILES string of the molecule is C#CCCNC(=O)C(CC(=O)O)NC(=O)OCC1c2ccccc2-c2ccccc21. The van der Waals surface area contributed by atoms with Crippen molar-refractivity contribution in [1.29, 1.82) is 0 Å². The van der Waals surface area contributed by atoms with Gasteiger partial charge in [0, 0.05) is 18.9 Å². The van der Waals surface area contributed by atoms with E-state index < -0.39 is 30.4 Å². The number of ether oxygens (including phenoxy) is 1. The van der Waals surface area contributed by atoms with Gasteiger partial charge in [-0.05, 0) is 22.3 Å². The molecule has 0 saturated carbocycles. The van der Waals surface area contributed by atoms with Crippen molar-refractivity contribution in [2.24, 2.45) is 0 Å². The number of rotatable bonds is 8. The highest BCUT2D eigenvalue weighted by Crippen LogP contribution is 2.44. The van der Waals surface area contributed by atoms with Crippen molar-refractivity contribution in [2.75, 3.05) is 13.2 Å². The summed E-state index contributed by atoms with van der Waals surface area (Å²) in [5.41, 5.74) is 4.30. The largest absolute Gasteiger partial charge is 0.481 e. The maximum Gasteiger partial charge on any atom is 0.407 e. The summed E-state index contributed by atoms with van der Waals surface area (Å²) in [5, 5.41) is 13.9. The molecule has 3 rings (SSSR count). The van der Waals surface area contributed by atoms with E-state index in [1.165, 1.54) is 0 Å². The van der Waals surface area contributed by atoms with Crippen molar-refractivity contribution in [2.45, 2.75) is 24.8 Å². The van der Waals surface area contributed by atoms with Crippen molar-refractivity contribution in [3.8, 4) is 23.5 Å². The third-order valence-corrected chi connectivity index (χ3v) is 4.90. The summed E-state index contributed by atoms with van der Waals surface area (Å²) in [4.78, 5) is 35.5. The van der Waals surface area contributed by atoms with Crippen LogP contribution in [0.25, 0.3) is 11.1 Å². The zero-order valence-corrected chi connectivity index (χ0v) is 16.3. The first-order valence-electron chi connectivity index (χ1n) is 9.55. The van der Waals surface area contributed by atoms with Gasteiger partial charge in [-0.15, -0.1) is 12.3 Å². The number of amides is 2. The van der Waals surface area contributed by atoms with E-state index in [0.717, 1.165) is 22.3 Å². The second-order valence-electron chi connectivity index (χ2n) is 6.87. The van der Waals surface area contributed by atoms with Crippen LogP contribution in [0.2, 0.25) is 0 Å². The quantitative estimate of drug-likeness (QED) is 0.462. The molecule has 2 aromatic carbocycles. The first-order valence-corrected chi connectivity index (χ1v) is 9.55. The molecule has 0 radical (unpaired) electrons. The van der Waals surface area contributed by atoms with Crippen LogP contribution in [0.5, 0.6) is 0 Å². The Bertz CT molecular complexity index is 950. The fourth-order valence-corrected chi connectivity index (χ4v) is 3.55. The smallest absolute Gasteiger partial charge is 0.407 e. The minimum atomic E-state index is -1.25. The van der Waals surface area contributed by atoms with Crippen molar-refractivity contribution < 1.29 is 24.2 Å². The van der Waals surface area contributed by atoms with E-state index in [-0.39, 0.29) is 19.1 Å². The molecule has 3 N–H and O–H groups in total. The van der Waals surface area contributed by atoms with Crippen LogP contribution in [0.4, 0.5) is 4.79 Å². The summed E-state index contributed by atoms with van der Waals surface area (Å²) in [6.07, 6.45) is 4.02. The lowest BCUT2D eigenvalue weighted by molar-refractivity contribution is -0.139. The first kappa shape index (κ1) is 20.9. The number of carboxylic acid groups (broad SMARTS) is 1. The van der Waals surface area contributed by atoms with E-state index in [9.17, 15) is 14.4 Å². The second kappa shape index (κ2) is 9.61. The number of aliphatic carboxylic acids is 1. The van der Waals surface area contributed by atoms with Crippen molar-refractivity contribution in [3.05, 3.63) is 59.7 Å². The molecule has 0 saturated heterocycles. The highest BCUT2D eigenvalue weighted by atomic mass is 16.5. The number of nitrogens with one attached hydrogen (secondary N) is 2. The van der Waals surface area contributed by atoms with Gasteiger partial charge in [0.2, 0.25) is 5.91 Å². The molecule has 1 aliphatic carbocycles. The lowest BCUT2D eigenvalue weighted by Gasteiger charge is -2.18.